The second kappa shape index (κ2) is 10.9. The first-order chi connectivity index (χ1) is 19.3. The van der Waals surface area contributed by atoms with Gasteiger partial charge in [0.25, 0.3) is 11.8 Å². The summed E-state index contributed by atoms with van der Waals surface area (Å²) < 4.78 is 14.8. The molecule has 4 heterocycles. The molecule has 14 heteroatoms. The third-order valence-electron chi connectivity index (χ3n) is 7.01. The molecule has 3 aromatic rings. The predicted octanol–water partition coefficient (Wildman–Crippen LogP) is 3.58. The van der Waals surface area contributed by atoms with Crippen LogP contribution in [-0.2, 0) is 19.7 Å². The molecule has 0 radical (unpaired) electrons. The second-order valence-corrected chi connectivity index (χ2v) is 15.2. The highest BCUT2D eigenvalue weighted by Crippen LogP contribution is 2.42. The summed E-state index contributed by atoms with van der Waals surface area (Å²) in [5.41, 5.74) is 1.10. The molecule has 1 fully saturated rings. The molecule has 41 heavy (non-hydrogen) atoms. The van der Waals surface area contributed by atoms with Gasteiger partial charge < -0.3 is 14.4 Å². The molecule has 0 N–H and O–H groups in total. The highest BCUT2D eigenvalue weighted by Gasteiger charge is 2.54. The largest absolute Gasteiger partial charge is 0.373 e. The number of halogens is 1. The fraction of sp³-hybridized carbons (Fsp3) is 0.481. The second-order valence-electron chi connectivity index (χ2n) is 11.7. The van der Waals surface area contributed by atoms with Gasteiger partial charge in [-0.25, -0.2) is 9.98 Å². The predicted molar refractivity (Wildman–Crippen MR) is 156 cm³/mol. The van der Waals surface area contributed by atoms with Crippen molar-refractivity contribution in [3.63, 3.8) is 0 Å². The van der Waals surface area contributed by atoms with Gasteiger partial charge in [0.2, 0.25) is 5.28 Å². The monoisotopic (exact) mass is 599 g/mol. The Labute approximate surface area is 244 Å². The van der Waals surface area contributed by atoms with Crippen LogP contribution in [0.4, 0.5) is 5.82 Å². The summed E-state index contributed by atoms with van der Waals surface area (Å²) >= 11 is 6.34. The summed E-state index contributed by atoms with van der Waals surface area (Å²) in [6, 6.07) is 6.67. The van der Waals surface area contributed by atoms with Crippen LogP contribution in [0.5, 0.6) is 0 Å². The number of hydroxylamine groups is 2. The highest BCUT2D eigenvalue weighted by molar-refractivity contribution is 6.58. The fourth-order valence-electron chi connectivity index (χ4n) is 4.98. The van der Waals surface area contributed by atoms with E-state index in [-0.39, 0.29) is 11.9 Å². The van der Waals surface area contributed by atoms with Crippen molar-refractivity contribution in [1.29, 1.82) is 0 Å². The van der Waals surface area contributed by atoms with Gasteiger partial charge in [-0.3, -0.25) is 19.0 Å². The van der Waals surface area contributed by atoms with E-state index in [0.29, 0.717) is 34.5 Å². The van der Waals surface area contributed by atoms with Gasteiger partial charge >= 0.3 is 0 Å². The molecule has 5 rings (SSSR count). The van der Waals surface area contributed by atoms with Crippen LogP contribution in [0.15, 0.2) is 35.6 Å². The number of imidazole rings is 1. The number of nitrogens with zero attached hydrogens (tertiary/aromatic N) is 7. The first-order valence-electron chi connectivity index (χ1n) is 13.4. The lowest BCUT2D eigenvalue weighted by molar-refractivity contribution is -0.169. The SMILES string of the molecule is CN(C)C=Nc1nc(Cl)nc2c1ncn2[C@@]1([SiH](C)C)C[C@H](ON2C(=O)c3ccccc3C2=O)[C@@H](COC(C)(C)C)O1. The lowest BCUT2D eigenvalue weighted by atomic mass is 10.1. The lowest BCUT2D eigenvalue weighted by Gasteiger charge is -2.34. The summed E-state index contributed by atoms with van der Waals surface area (Å²) in [5.74, 6) is -0.676. The Morgan fingerprint density at radius 1 is 1.20 bits per heavy atom. The summed E-state index contributed by atoms with van der Waals surface area (Å²) in [6.45, 7) is 10.3. The number of imide groups is 1. The zero-order valence-electron chi connectivity index (χ0n) is 24.2. The van der Waals surface area contributed by atoms with E-state index in [9.17, 15) is 9.59 Å². The van der Waals surface area contributed by atoms with E-state index >= 15 is 0 Å². The topological polar surface area (TPSA) is 124 Å². The Morgan fingerprint density at radius 3 is 2.44 bits per heavy atom. The number of aliphatic imine (C=N–C) groups is 1. The van der Waals surface area contributed by atoms with Crippen LogP contribution in [-0.4, -0.2) is 94.9 Å². The minimum absolute atomic E-state index is 0.0233. The van der Waals surface area contributed by atoms with Crippen molar-refractivity contribution in [2.75, 3.05) is 20.7 Å². The maximum absolute atomic E-state index is 13.2. The number of amides is 2. The zero-order chi connectivity index (χ0) is 29.7. The van der Waals surface area contributed by atoms with Gasteiger partial charge in [0.1, 0.15) is 17.6 Å². The van der Waals surface area contributed by atoms with Crippen LogP contribution < -0.4 is 0 Å². The van der Waals surface area contributed by atoms with Crippen LogP contribution in [0.2, 0.25) is 18.4 Å². The van der Waals surface area contributed by atoms with Gasteiger partial charge in [-0.05, 0) is 44.5 Å². The molecule has 3 atom stereocenters. The Bertz CT molecular complexity index is 1490. The van der Waals surface area contributed by atoms with Crippen LogP contribution in [0, 0.1) is 0 Å². The van der Waals surface area contributed by atoms with Gasteiger partial charge in [-0.2, -0.15) is 9.97 Å². The summed E-state index contributed by atoms with van der Waals surface area (Å²) in [6.07, 6.45) is 2.31. The number of hydrogen-bond acceptors (Lipinski definition) is 9. The maximum atomic E-state index is 13.2. The Hall–Kier alpha value is -3.23. The maximum Gasteiger partial charge on any atom is 0.285 e. The van der Waals surface area contributed by atoms with Crippen molar-refractivity contribution in [3.8, 4) is 0 Å². The molecule has 0 spiro atoms. The van der Waals surface area contributed by atoms with Crippen molar-refractivity contribution < 1.29 is 23.9 Å². The number of ether oxygens (including phenoxy) is 2. The molecule has 0 bridgehead atoms. The molecule has 2 aliphatic rings. The molecule has 0 saturated carbocycles. The fourth-order valence-corrected chi connectivity index (χ4v) is 7.04. The van der Waals surface area contributed by atoms with Gasteiger partial charge in [-0.15, -0.1) is 5.06 Å². The van der Waals surface area contributed by atoms with Crippen LogP contribution in [0.25, 0.3) is 11.2 Å². The molecular weight excluding hydrogens is 566 g/mol. The van der Waals surface area contributed by atoms with Crippen molar-refractivity contribution in [2.45, 2.75) is 63.4 Å². The standard InChI is InChI=1S/C27H34ClN7O5Si/c1-26(2,3)38-13-19-18(40-35-23(36)16-10-8-9-11-17(16)24(35)37)12-27(39-19,41(6)7)34-15-29-20-21(30-14-33(4)5)31-25(28)32-22(20)34/h8-11,14-15,18-19,41H,12-13H2,1-7H3/t18-,19+,27-/m0/s1. The first-order valence-corrected chi connectivity index (χ1v) is 16.7. The molecule has 0 aliphatic carbocycles. The van der Waals surface area contributed by atoms with Crippen LogP contribution in [0.1, 0.15) is 47.9 Å². The Balaban J connectivity index is 1.55. The van der Waals surface area contributed by atoms with Crippen molar-refractivity contribution in [2.24, 2.45) is 4.99 Å². The molecule has 218 valence electrons. The number of hydrogen-bond donors (Lipinski definition) is 0. The third kappa shape index (κ3) is 5.52. The minimum atomic E-state index is -1.78. The van der Waals surface area contributed by atoms with Gasteiger partial charge in [0, 0.05) is 20.5 Å². The first kappa shape index (κ1) is 29.3. The molecule has 2 aromatic heterocycles. The molecular formula is C27H34ClN7O5Si. The number of carbonyl (C=O) groups excluding carboxylic acids is 2. The molecule has 1 saturated heterocycles. The van der Waals surface area contributed by atoms with Crippen molar-refractivity contribution >= 4 is 55.5 Å². The molecule has 2 amide bonds. The lowest BCUT2D eigenvalue weighted by Crippen LogP contribution is -2.45. The number of benzene rings is 1. The van der Waals surface area contributed by atoms with Crippen LogP contribution >= 0.6 is 11.6 Å². The van der Waals surface area contributed by atoms with E-state index in [1.807, 2.05) is 39.4 Å². The van der Waals surface area contributed by atoms with E-state index in [4.69, 9.17) is 25.9 Å². The number of aromatic nitrogens is 4. The highest BCUT2D eigenvalue weighted by atomic mass is 35.5. The van der Waals surface area contributed by atoms with E-state index in [1.54, 1.807) is 41.8 Å². The number of carbonyl (C=O) groups is 2. The average molecular weight is 600 g/mol. The molecule has 2 aliphatic heterocycles. The summed E-state index contributed by atoms with van der Waals surface area (Å²) in [5, 5.41) is -0.0282. The van der Waals surface area contributed by atoms with Crippen molar-refractivity contribution in [1.82, 2.24) is 29.5 Å². The third-order valence-corrected chi connectivity index (χ3v) is 9.64. The van der Waals surface area contributed by atoms with E-state index < -0.39 is 43.8 Å². The molecule has 0 unspecified atom stereocenters. The average Bonchev–Trinajstić information content (AvgIpc) is 3.56. The van der Waals surface area contributed by atoms with E-state index in [1.165, 1.54) is 0 Å². The number of fused-ring (bicyclic) bond motifs is 2. The van der Waals surface area contributed by atoms with Crippen molar-refractivity contribution in [3.05, 3.63) is 47.0 Å². The van der Waals surface area contributed by atoms with Crippen LogP contribution in [0.3, 0.4) is 0 Å². The summed E-state index contributed by atoms with van der Waals surface area (Å²) in [7, 11) is 1.92. The molecule has 12 nitrogen and oxygen atoms in total. The molecule has 1 aromatic carbocycles. The Morgan fingerprint density at radius 2 is 1.85 bits per heavy atom. The zero-order valence-corrected chi connectivity index (χ0v) is 26.1. The van der Waals surface area contributed by atoms with E-state index in [0.717, 1.165) is 5.06 Å². The smallest absolute Gasteiger partial charge is 0.285 e. The number of rotatable bonds is 8. The van der Waals surface area contributed by atoms with Gasteiger partial charge in [0.15, 0.2) is 17.0 Å². The normalized spacial score (nSPS) is 23.0. The Kier molecular flexibility index (Phi) is 7.76. The quantitative estimate of drug-likeness (QED) is 0.126. The minimum Gasteiger partial charge on any atom is -0.373 e. The van der Waals surface area contributed by atoms with E-state index in [2.05, 4.69) is 33.0 Å². The van der Waals surface area contributed by atoms with Gasteiger partial charge in [-0.1, -0.05) is 25.2 Å². The van der Waals surface area contributed by atoms with Gasteiger partial charge in [0.05, 0.1) is 44.8 Å². The summed E-state index contributed by atoms with van der Waals surface area (Å²) in [4.78, 5) is 52.1.